The van der Waals surface area contributed by atoms with Crippen LogP contribution < -0.4 is 9.64 Å². The van der Waals surface area contributed by atoms with Gasteiger partial charge in [-0.15, -0.1) is 0 Å². The molecule has 0 fully saturated rings. The third-order valence-corrected chi connectivity index (χ3v) is 5.05. The Kier molecular flexibility index (Phi) is 7.32. The Morgan fingerprint density at radius 3 is 1.80 bits per heavy atom. The molecule has 0 bridgehead atoms. The summed E-state index contributed by atoms with van der Waals surface area (Å²) in [5, 5.41) is 16.9. The molecule has 0 aliphatic carbocycles. The number of hydrogen-bond donors (Lipinski definition) is 0. The molecule has 1 aromatic heterocycles. The highest BCUT2D eigenvalue weighted by molar-refractivity contribution is 5.91. The van der Waals surface area contributed by atoms with Gasteiger partial charge in [-0.05, 0) is 91.3 Å². The largest absolute Gasteiger partial charge is 0.423 e. The predicted molar refractivity (Wildman–Crippen MR) is 136 cm³/mol. The van der Waals surface area contributed by atoms with Gasteiger partial charge in [0.25, 0.3) is 0 Å². The minimum Gasteiger partial charge on any atom is -0.423 e. The molecule has 0 N–H and O–H groups in total. The average Bonchev–Trinajstić information content (AvgIpc) is 2.88. The van der Waals surface area contributed by atoms with Gasteiger partial charge in [0, 0.05) is 32.2 Å². The number of benzene rings is 3. The second-order valence-electron chi connectivity index (χ2n) is 7.90. The number of ether oxygens (including phenoxy) is 1. The predicted octanol–water partition coefficient (Wildman–Crippen LogP) is 7.51. The molecule has 0 saturated carbocycles. The molecule has 4 rings (SSSR count). The number of aryl methyl sites for hydroxylation is 1. The van der Waals surface area contributed by atoms with Crippen LogP contribution in [-0.4, -0.2) is 25.0 Å². The molecule has 0 spiro atoms. The minimum atomic E-state index is -0.456. The molecule has 0 saturated heterocycles. The molecule has 174 valence electrons. The van der Waals surface area contributed by atoms with Crippen LogP contribution in [0.1, 0.15) is 15.9 Å². The van der Waals surface area contributed by atoms with Crippen LogP contribution in [0.5, 0.6) is 5.75 Å². The van der Waals surface area contributed by atoms with Gasteiger partial charge in [-0.3, -0.25) is 4.98 Å². The molecule has 1 heterocycles. The van der Waals surface area contributed by atoms with E-state index in [0.29, 0.717) is 28.4 Å². The van der Waals surface area contributed by atoms with Gasteiger partial charge < -0.3 is 9.64 Å². The molecule has 0 aliphatic rings. The third kappa shape index (κ3) is 6.42. The zero-order chi connectivity index (χ0) is 24.6. The van der Waals surface area contributed by atoms with Crippen molar-refractivity contribution in [1.82, 2.24) is 4.98 Å². The molecular formula is C27H24N6O2. The Morgan fingerprint density at radius 1 is 0.714 bits per heavy atom. The minimum absolute atomic E-state index is 0.417. The number of pyridine rings is 1. The summed E-state index contributed by atoms with van der Waals surface area (Å²) in [5.74, 6) is 0.00446. The monoisotopic (exact) mass is 464 g/mol. The standard InChI is InChI=1S/C27H24N6O2/c1-19-18-24(32-31-23-14-16-28-17-15-23)10-13-26(19)35-27(34)20-4-6-21(7-5-20)29-30-22-8-11-25(12-9-22)33(2)3/h4-18H,1-3H3. The summed E-state index contributed by atoms with van der Waals surface area (Å²) in [5.41, 5.74) is 5.03. The van der Waals surface area contributed by atoms with Gasteiger partial charge >= 0.3 is 5.97 Å². The number of aromatic nitrogens is 1. The first kappa shape index (κ1) is 23.4. The second kappa shape index (κ2) is 10.9. The van der Waals surface area contributed by atoms with Gasteiger partial charge in [0.2, 0.25) is 0 Å². The summed E-state index contributed by atoms with van der Waals surface area (Å²) >= 11 is 0. The van der Waals surface area contributed by atoms with Crippen LogP contribution in [0.15, 0.2) is 112 Å². The summed E-state index contributed by atoms with van der Waals surface area (Å²) in [4.78, 5) is 18.6. The number of rotatable bonds is 7. The maximum Gasteiger partial charge on any atom is 0.343 e. The maximum absolute atomic E-state index is 12.6. The molecule has 8 nitrogen and oxygen atoms in total. The number of anilines is 1. The Labute approximate surface area is 203 Å². The van der Waals surface area contributed by atoms with Crippen molar-refractivity contribution in [1.29, 1.82) is 0 Å². The van der Waals surface area contributed by atoms with E-state index in [0.717, 1.165) is 16.9 Å². The maximum atomic E-state index is 12.6. The lowest BCUT2D eigenvalue weighted by molar-refractivity contribution is 0.0733. The SMILES string of the molecule is Cc1cc(N=Nc2ccncc2)ccc1OC(=O)c1ccc(N=Nc2ccc(N(C)C)cc2)cc1. The molecular weight excluding hydrogens is 440 g/mol. The van der Waals surface area contributed by atoms with Crippen molar-refractivity contribution < 1.29 is 9.53 Å². The van der Waals surface area contributed by atoms with Gasteiger partial charge in [-0.2, -0.15) is 20.5 Å². The Hall–Kier alpha value is -4.72. The van der Waals surface area contributed by atoms with Crippen LogP contribution in [-0.2, 0) is 0 Å². The normalized spacial score (nSPS) is 11.2. The van der Waals surface area contributed by atoms with Crippen LogP contribution >= 0.6 is 0 Å². The first-order valence-corrected chi connectivity index (χ1v) is 10.9. The number of esters is 1. The Morgan fingerprint density at radius 2 is 1.23 bits per heavy atom. The molecule has 35 heavy (non-hydrogen) atoms. The van der Waals surface area contributed by atoms with Gasteiger partial charge in [-0.1, -0.05) is 0 Å². The lowest BCUT2D eigenvalue weighted by atomic mass is 10.2. The summed E-state index contributed by atoms with van der Waals surface area (Å²) < 4.78 is 5.57. The third-order valence-electron chi connectivity index (χ3n) is 5.05. The van der Waals surface area contributed by atoms with Gasteiger partial charge in [0.1, 0.15) is 5.75 Å². The summed E-state index contributed by atoms with van der Waals surface area (Å²) in [7, 11) is 3.97. The van der Waals surface area contributed by atoms with Crippen LogP contribution in [0.25, 0.3) is 0 Å². The van der Waals surface area contributed by atoms with Crippen LogP contribution in [0.4, 0.5) is 28.4 Å². The van der Waals surface area contributed by atoms with E-state index in [-0.39, 0.29) is 0 Å². The number of carbonyl (C=O) groups is 1. The van der Waals surface area contributed by atoms with Crippen molar-refractivity contribution in [2.24, 2.45) is 20.5 Å². The number of hydrogen-bond acceptors (Lipinski definition) is 8. The highest BCUT2D eigenvalue weighted by Crippen LogP contribution is 2.27. The highest BCUT2D eigenvalue weighted by Gasteiger charge is 2.11. The summed E-state index contributed by atoms with van der Waals surface area (Å²) in [6, 6.07) is 23.3. The fraction of sp³-hybridized carbons (Fsp3) is 0.111. The number of azo groups is 2. The van der Waals surface area contributed by atoms with E-state index >= 15 is 0 Å². The molecule has 0 atom stereocenters. The summed E-state index contributed by atoms with van der Waals surface area (Å²) in [6.45, 7) is 1.85. The van der Waals surface area contributed by atoms with E-state index in [9.17, 15) is 4.79 Å². The first-order valence-electron chi connectivity index (χ1n) is 10.9. The van der Waals surface area contributed by atoms with Crippen molar-refractivity contribution >= 4 is 34.4 Å². The molecule has 3 aromatic carbocycles. The van der Waals surface area contributed by atoms with Crippen molar-refractivity contribution in [3.05, 3.63) is 102 Å². The van der Waals surface area contributed by atoms with Crippen molar-refractivity contribution in [2.75, 3.05) is 19.0 Å². The van der Waals surface area contributed by atoms with Crippen LogP contribution in [0, 0.1) is 6.92 Å². The van der Waals surface area contributed by atoms with E-state index < -0.39 is 5.97 Å². The van der Waals surface area contributed by atoms with E-state index in [1.165, 1.54) is 0 Å². The quantitative estimate of drug-likeness (QED) is 0.161. The van der Waals surface area contributed by atoms with E-state index in [2.05, 4.69) is 25.4 Å². The topological polar surface area (TPSA) is 91.9 Å². The van der Waals surface area contributed by atoms with Crippen molar-refractivity contribution in [2.45, 2.75) is 6.92 Å². The molecule has 0 unspecified atom stereocenters. The zero-order valence-corrected chi connectivity index (χ0v) is 19.7. The van der Waals surface area contributed by atoms with Crippen LogP contribution in [0.3, 0.4) is 0 Å². The molecule has 4 aromatic rings. The first-order chi connectivity index (χ1) is 17.0. The molecule has 0 radical (unpaired) electrons. The molecule has 0 aliphatic heterocycles. The molecule has 0 amide bonds. The molecule has 8 heteroatoms. The second-order valence-corrected chi connectivity index (χ2v) is 7.90. The fourth-order valence-corrected chi connectivity index (χ4v) is 3.09. The van der Waals surface area contributed by atoms with Gasteiger partial charge in [0.05, 0.1) is 28.3 Å². The van der Waals surface area contributed by atoms with Gasteiger partial charge in [-0.25, -0.2) is 4.79 Å². The van der Waals surface area contributed by atoms with Gasteiger partial charge in [0.15, 0.2) is 0 Å². The lowest BCUT2D eigenvalue weighted by Crippen LogP contribution is -2.08. The van der Waals surface area contributed by atoms with E-state index in [1.807, 2.05) is 56.3 Å². The number of carbonyl (C=O) groups excluding carboxylic acids is 1. The van der Waals surface area contributed by atoms with E-state index in [1.54, 1.807) is 60.9 Å². The smallest absolute Gasteiger partial charge is 0.343 e. The van der Waals surface area contributed by atoms with E-state index in [4.69, 9.17) is 4.74 Å². The highest BCUT2D eigenvalue weighted by atomic mass is 16.5. The van der Waals surface area contributed by atoms with Crippen molar-refractivity contribution in [3.63, 3.8) is 0 Å². The van der Waals surface area contributed by atoms with Crippen LogP contribution in [0.2, 0.25) is 0 Å². The Balaban J connectivity index is 1.37. The zero-order valence-electron chi connectivity index (χ0n) is 19.7. The average molecular weight is 465 g/mol. The fourth-order valence-electron chi connectivity index (χ4n) is 3.09. The summed E-state index contributed by atoms with van der Waals surface area (Å²) in [6.07, 6.45) is 3.31. The number of nitrogens with zero attached hydrogens (tertiary/aromatic N) is 6. The lowest BCUT2D eigenvalue weighted by Gasteiger charge is -2.11. The Bertz CT molecular complexity index is 1350. The van der Waals surface area contributed by atoms with Crippen molar-refractivity contribution in [3.8, 4) is 5.75 Å².